The van der Waals surface area contributed by atoms with Gasteiger partial charge in [-0.25, -0.2) is 17.7 Å². The van der Waals surface area contributed by atoms with E-state index in [1.165, 1.54) is 15.6 Å². The van der Waals surface area contributed by atoms with Crippen molar-refractivity contribution >= 4 is 44.2 Å². The summed E-state index contributed by atoms with van der Waals surface area (Å²) in [5, 5.41) is 3.51. The predicted octanol–water partition coefficient (Wildman–Crippen LogP) is 2.95. The SMILES string of the molecule is CCCCS(=O)(=O)N1CCC(C(=O)Nc2nc(C)c(SC)s2)CC1. The maximum atomic E-state index is 12.4. The van der Waals surface area contributed by atoms with Gasteiger partial charge >= 0.3 is 0 Å². The first-order chi connectivity index (χ1) is 11.4. The Labute approximate surface area is 152 Å². The average molecular weight is 392 g/mol. The molecule has 2 heterocycles. The Kier molecular flexibility index (Phi) is 7.09. The largest absolute Gasteiger partial charge is 0.302 e. The van der Waals surface area contributed by atoms with Gasteiger partial charge in [0.25, 0.3) is 0 Å². The van der Waals surface area contributed by atoms with Crippen molar-refractivity contribution in [1.82, 2.24) is 9.29 Å². The van der Waals surface area contributed by atoms with Crippen molar-refractivity contribution in [2.45, 2.75) is 43.7 Å². The fourth-order valence-corrected chi connectivity index (χ4v) is 5.98. The summed E-state index contributed by atoms with van der Waals surface area (Å²) in [6.45, 7) is 4.76. The molecule has 136 valence electrons. The summed E-state index contributed by atoms with van der Waals surface area (Å²) in [6.07, 6.45) is 4.67. The van der Waals surface area contributed by atoms with Crippen molar-refractivity contribution < 1.29 is 13.2 Å². The highest BCUT2D eigenvalue weighted by molar-refractivity contribution is 8.00. The van der Waals surface area contributed by atoms with Crippen LogP contribution in [0.2, 0.25) is 0 Å². The number of aromatic nitrogens is 1. The minimum atomic E-state index is -3.17. The fraction of sp³-hybridized carbons (Fsp3) is 0.733. The Morgan fingerprint density at radius 3 is 2.62 bits per heavy atom. The lowest BCUT2D eigenvalue weighted by Gasteiger charge is -2.30. The van der Waals surface area contributed by atoms with Gasteiger partial charge in [0.2, 0.25) is 15.9 Å². The van der Waals surface area contributed by atoms with Crippen LogP contribution in [-0.2, 0) is 14.8 Å². The van der Waals surface area contributed by atoms with E-state index >= 15 is 0 Å². The number of hydrogen-bond acceptors (Lipinski definition) is 6. The highest BCUT2D eigenvalue weighted by atomic mass is 32.2. The molecule has 1 saturated heterocycles. The van der Waals surface area contributed by atoms with Crippen LogP contribution in [0.5, 0.6) is 0 Å². The molecule has 2 rings (SSSR count). The zero-order chi connectivity index (χ0) is 17.7. The monoisotopic (exact) mass is 391 g/mol. The van der Waals surface area contributed by atoms with Gasteiger partial charge in [0.15, 0.2) is 5.13 Å². The number of thioether (sulfide) groups is 1. The van der Waals surface area contributed by atoms with Crippen molar-refractivity contribution in [3.8, 4) is 0 Å². The number of carbonyl (C=O) groups excluding carboxylic acids is 1. The molecule has 1 amide bonds. The molecule has 0 aromatic carbocycles. The van der Waals surface area contributed by atoms with Gasteiger partial charge < -0.3 is 5.32 Å². The molecule has 0 aliphatic carbocycles. The second-order valence-corrected chi connectivity index (χ2v) is 10.1. The van der Waals surface area contributed by atoms with E-state index in [1.807, 2.05) is 20.1 Å². The quantitative estimate of drug-likeness (QED) is 0.723. The molecule has 0 unspecified atom stereocenters. The second kappa shape index (κ2) is 8.64. The van der Waals surface area contributed by atoms with Crippen LogP contribution in [-0.4, -0.2) is 48.7 Å². The van der Waals surface area contributed by atoms with Crippen LogP contribution in [0.15, 0.2) is 4.21 Å². The first kappa shape index (κ1) is 19.7. The molecule has 1 aliphatic heterocycles. The van der Waals surface area contributed by atoms with Crippen LogP contribution in [0, 0.1) is 12.8 Å². The van der Waals surface area contributed by atoms with Crippen LogP contribution < -0.4 is 5.32 Å². The molecule has 1 aliphatic rings. The lowest BCUT2D eigenvalue weighted by molar-refractivity contribution is -0.120. The number of carbonyl (C=O) groups is 1. The molecule has 9 heteroatoms. The Morgan fingerprint density at radius 2 is 2.08 bits per heavy atom. The Morgan fingerprint density at radius 1 is 1.42 bits per heavy atom. The van der Waals surface area contributed by atoms with Crippen LogP contribution in [0.1, 0.15) is 38.3 Å². The van der Waals surface area contributed by atoms with Gasteiger partial charge in [-0.1, -0.05) is 24.7 Å². The molecule has 6 nitrogen and oxygen atoms in total. The molecule has 0 bridgehead atoms. The number of hydrogen-bond donors (Lipinski definition) is 1. The van der Waals surface area contributed by atoms with E-state index in [9.17, 15) is 13.2 Å². The second-order valence-electron chi connectivity index (χ2n) is 5.93. The van der Waals surface area contributed by atoms with E-state index < -0.39 is 10.0 Å². The minimum Gasteiger partial charge on any atom is -0.302 e. The Hall–Kier alpha value is -0.640. The van der Waals surface area contributed by atoms with E-state index in [4.69, 9.17) is 0 Å². The lowest BCUT2D eigenvalue weighted by atomic mass is 9.97. The summed E-state index contributed by atoms with van der Waals surface area (Å²) in [4.78, 5) is 16.7. The molecule has 0 atom stereocenters. The van der Waals surface area contributed by atoms with Gasteiger partial charge in [-0.15, -0.1) is 11.8 Å². The predicted molar refractivity (Wildman–Crippen MR) is 100 cm³/mol. The average Bonchev–Trinajstić information content (AvgIpc) is 2.92. The smallest absolute Gasteiger partial charge is 0.229 e. The first-order valence-electron chi connectivity index (χ1n) is 8.17. The lowest BCUT2D eigenvalue weighted by Crippen LogP contribution is -2.42. The number of anilines is 1. The van der Waals surface area contributed by atoms with Gasteiger partial charge in [0, 0.05) is 19.0 Å². The van der Waals surface area contributed by atoms with Crippen molar-refractivity contribution in [1.29, 1.82) is 0 Å². The van der Waals surface area contributed by atoms with Crippen molar-refractivity contribution in [3.05, 3.63) is 5.69 Å². The highest BCUT2D eigenvalue weighted by Crippen LogP contribution is 2.31. The van der Waals surface area contributed by atoms with Gasteiger partial charge in [-0.05, 0) is 32.4 Å². The summed E-state index contributed by atoms with van der Waals surface area (Å²) in [6, 6.07) is 0. The highest BCUT2D eigenvalue weighted by Gasteiger charge is 2.31. The number of rotatable bonds is 7. The third kappa shape index (κ3) is 4.93. The Bertz CT molecular complexity index is 665. The van der Waals surface area contributed by atoms with Gasteiger partial charge in [0.1, 0.15) is 0 Å². The summed E-state index contributed by atoms with van der Waals surface area (Å²) in [7, 11) is -3.17. The van der Waals surface area contributed by atoms with Crippen LogP contribution in [0.25, 0.3) is 0 Å². The van der Waals surface area contributed by atoms with Crippen LogP contribution in [0.4, 0.5) is 5.13 Å². The third-order valence-electron chi connectivity index (χ3n) is 4.14. The topological polar surface area (TPSA) is 79.4 Å². The zero-order valence-corrected chi connectivity index (χ0v) is 16.8. The third-order valence-corrected chi connectivity index (χ3v) is 8.38. The summed E-state index contributed by atoms with van der Waals surface area (Å²) >= 11 is 3.10. The standard InChI is InChI=1S/C15H25N3O3S3/c1-4-5-10-24(20,21)18-8-6-12(7-9-18)13(19)17-15-16-11(2)14(22-3)23-15/h12H,4-10H2,1-3H3,(H,16,17,19). The number of nitrogens with one attached hydrogen (secondary N) is 1. The normalized spacial score (nSPS) is 17.1. The van der Waals surface area contributed by atoms with E-state index in [-0.39, 0.29) is 17.6 Å². The molecule has 0 spiro atoms. The van der Waals surface area contributed by atoms with Crippen LogP contribution >= 0.6 is 23.1 Å². The fourth-order valence-electron chi connectivity index (χ4n) is 2.68. The van der Waals surface area contributed by atoms with Crippen LogP contribution in [0.3, 0.4) is 0 Å². The molecule has 24 heavy (non-hydrogen) atoms. The summed E-state index contributed by atoms with van der Waals surface area (Å²) in [5.41, 5.74) is 0.930. The zero-order valence-electron chi connectivity index (χ0n) is 14.4. The molecular weight excluding hydrogens is 366 g/mol. The van der Waals surface area contributed by atoms with Crippen molar-refractivity contribution in [3.63, 3.8) is 0 Å². The Balaban J connectivity index is 1.88. The number of thiazole rings is 1. The summed E-state index contributed by atoms with van der Waals surface area (Å²) in [5.74, 6) is 0.00233. The van der Waals surface area contributed by atoms with Crippen molar-refractivity contribution in [2.75, 3.05) is 30.4 Å². The molecule has 0 saturated carbocycles. The van der Waals surface area contributed by atoms with Gasteiger partial charge in [-0.2, -0.15) is 0 Å². The number of piperidine rings is 1. The molecule has 1 N–H and O–H groups in total. The van der Waals surface area contributed by atoms with E-state index in [0.717, 1.165) is 16.3 Å². The van der Waals surface area contributed by atoms with Gasteiger partial charge in [-0.3, -0.25) is 4.79 Å². The minimum absolute atomic E-state index is 0.0537. The van der Waals surface area contributed by atoms with Gasteiger partial charge in [0.05, 0.1) is 15.7 Å². The number of amides is 1. The number of unbranched alkanes of at least 4 members (excludes halogenated alkanes) is 1. The first-order valence-corrected chi connectivity index (χ1v) is 11.8. The van der Waals surface area contributed by atoms with E-state index in [0.29, 0.717) is 37.5 Å². The molecule has 0 radical (unpaired) electrons. The van der Waals surface area contributed by atoms with E-state index in [2.05, 4.69) is 10.3 Å². The molecule has 1 fully saturated rings. The molecule has 1 aromatic rings. The van der Waals surface area contributed by atoms with E-state index in [1.54, 1.807) is 11.8 Å². The van der Waals surface area contributed by atoms with Crippen molar-refractivity contribution in [2.24, 2.45) is 5.92 Å². The number of nitrogens with zero attached hydrogens (tertiary/aromatic N) is 2. The number of aryl methyl sites for hydroxylation is 1. The maximum Gasteiger partial charge on any atom is 0.229 e. The molecule has 1 aromatic heterocycles. The summed E-state index contributed by atoms with van der Waals surface area (Å²) < 4.78 is 27.0. The number of sulfonamides is 1. The molecular formula is C15H25N3O3S3. The maximum absolute atomic E-state index is 12.4.